The number of carbonyl (C=O) groups excluding carboxylic acids is 2. The van der Waals surface area contributed by atoms with Crippen molar-refractivity contribution in [2.75, 3.05) is 23.3 Å². The Bertz CT molecular complexity index is 1110. The van der Waals surface area contributed by atoms with Crippen LogP contribution in [0.15, 0.2) is 60.1 Å². The fraction of sp³-hybridized carbons (Fsp3) is 0.261. The normalized spacial score (nSPS) is 14.7. The average molecular weight is 475 g/mol. The first kappa shape index (κ1) is 22.8. The minimum Gasteiger partial charge on any atom is -0.356 e. The van der Waals surface area contributed by atoms with Gasteiger partial charge in [0.05, 0.1) is 10.4 Å². The quantitative estimate of drug-likeness (QED) is 0.557. The van der Waals surface area contributed by atoms with Crippen LogP contribution >= 0.6 is 11.3 Å². The molecule has 1 fully saturated rings. The van der Waals surface area contributed by atoms with E-state index in [1.165, 1.54) is 17.4 Å². The molecule has 0 saturated carbocycles. The number of amides is 2. The van der Waals surface area contributed by atoms with Gasteiger partial charge in [0.25, 0.3) is 11.8 Å². The summed E-state index contributed by atoms with van der Waals surface area (Å²) >= 11 is 1.33. The molecule has 0 radical (unpaired) electrons. The van der Waals surface area contributed by atoms with E-state index in [0.29, 0.717) is 47.9 Å². The fourth-order valence-corrected chi connectivity index (χ4v) is 4.22. The molecule has 2 aromatic heterocycles. The van der Waals surface area contributed by atoms with Gasteiger partial charge in [-0.15, -0.1) is 11.3 Å². The molecule has 10 heteroatoms. The van der Waals surface area contributed by atoms with Crippen LogP contribution in [0, 0.1) is 0 Å². The number of nitrogens with zero attached hydrogens (tertiary/aromatic N) is 2. The molecule has 0 spiro atoms. The number of hydrogen-bond acceptors (Lipinski definition) is 5. The van der Waals surface area contributed by atoms with E-state index in [1.807, 2.05) is 10.3 Å². The average Bonchev–Trinajstić information content (AvgIpc) is 3.35. The Kier molecular flexibility index (Phi) is 6.64. The molecule has 0 unspecified atom stereocenters. The Balaban J connectivity index is 1.31. The Morgan fingerprint density at radius 1 is 1.03 bits per heavy atom. The standard InChI is InChI=1S/C23H21F3N4O2S/c24-23(25,26)16-6-7-20(27-14-16)30-10-8-17(9-11-30)28-21(31)15-3-1-4-18(13-15)29-22(32)19-5-2-12-33-19/h1-7,12-14,17H,8-11H2,(H,28,31)(H,29,32). The van der Waals surface area contributed by atoms with Crippen LogP contribution < -0.4 is 15.5 Å². The molecule has 1 saturated heterocycles. The van der Waals surface area contributed by atoms with Crippen molar-refractivity contribution in [1.82, 2.24) is 10.3 Å². The number of nitrogens with one attached hydrogen (secondary N) is 2. The molecule has 172 valence electrons. The van der Waals surface area contributed by atoms with Gasteiger partial charge in [-0.3, -0.25) is 9.59 Å². The van der Waals surface area contributed by atoms with Crippen molar-refractivity contribution < 1.29 is 22.8 Å². The molecule has 0 atom stereocenters. The topological polar surface area (TPSA) is 74.3 Å². The zero-order valence-electron chi connectivity index (χ0n) is 17.4. The second kappa shape index (κ2) is 9.62. The predicted octanol–water partition coefficient (Wildman–Crippen LogP) is 4.81. The second-order valence-electron chi connectivity index (χ2n) is 7.65. The fourth-order valence-electron chi connectivity index (χ4n) is 3.60. The van der Waals surface area contributed by atoms with Gasteiger partial charge in [0, 0.05) is 36.6 Å². The first-order chi connectivity index (χ1) is 15.8. The van der Waals surface area contributed by atoms with E-state index in [4.69, 9.17) is 0 Å². The van der Waals surface area contributed by atoms with Crippen molar-refractivity contribution in [2.45, 2.75) is 25.1 Å². The lowest BCUT2D eigenvalue weighted by Crippen LogP contribution is -2.45. The van der Waals surface area contributed by atoms with Gasteiger partial charge >= 0.3 is 6.18 Å². The monoisotopic (exact) mass is 474 g/mol. The van der Waals surface area contributed by atoms with Crippen molar-refractivity contribution in [1.29, 1.82) is 0 Å². The minimum atomic E-state index is -4.41. The first-order valence-corrected chi connectivity index (χ1v) is 11.2. The highest BCUT2D eigenvalue weighted by Crippen LogP contribution is 2.29. The highest BCUT2D eigenvalue weighted by atomic mass is 32.1. The third-order valence-electron chi connectivity index (χ3n) is 5.36. The molecule has 1 aliphatic heterocycles. The van der Waals surface area contributed by atoms with E-state index in [-0.39, 0.29) is 17.9 Å². The molecule has 1 aliphatic rings. The smallest absolute Gasteiger partial charge is 0.356 e. The number of benzene rings is 1. The van der Waals surface area contributed by atoms with E-state index in [2.05, 4.69) is 15.6 Å². The number of aromatic nitrogens is 1. The van der Waals surface area contributed by atoms with E-state index >= 15 is 0 Å². The number of pyridine rings is 1. The van der Waals surface area contributed by atoms with Crippen LogP contribution in [0.3, 0.4) is 0 Å². The molecule has 0 bridgehead atoms. The van der Waals surface area contributed by atoms with E-state index in [9.17, 15) is 22.8 Å². The van der Waals surface area contributed by atoms with Crippen molar-refractivity contribution >= 4 is 34.7 Å². The zero-order valence-corrected chi connectivity index (χ0v) is 18.2. The maximum Gasteiger partial charge on any atom is 0.417 e. The Morgan fingerprint density at radius 2 is 1.82 bits per heavy atom. The summed E-state index contributed by atoms with van der Waals surface area (Å²) in [6.07, 6.45) is -2.28. The SMILES string of the molecule is O=C(NC1CCN(c2ccc(C(F)(F)F)cn2)CC1)c1cccc(NC(=O)c2cccs2)c1. The Morgan fingerprint density at radius 3 is 2.45 bits per heavy atom. The molecule has 1 aromatic carbocycles. The lowest BCUT2D eigenvalue weighted by molar-refractivity contribution is -0.137. The van der Waals surface area contributed by atoms with Gasteiger partial charge in [0.15, 0.2) is 0 Å². The van der Waals surface area contributed by atoms with Gasteiger partial charge in [-0.25, -0.2) is 4.98 Å². The third-order valence-corrected chi connectivity index (χ3v) is 6.23. The maximum absolute atomic E-state index is 12.7. The number of carbonyl (C=O) groups is 2. The number of rotatable bonds is 5. The summed E-state index contributed by atoms with van der Waals surface area (Å²) < 4.78 is 38.1. The van der Waals surface area contributed by atoms with Crippen LogP contribution in [0.4, 0.5) is 24.7 Å². The number of anilines is 2. The molecule has 2 amide bonds. The van der Waals surface area contributed by atoms with Crippen molar-refractivity contribution in [3.8, 4) is 0 Å². The largest absolute Gasteiger partial charge is 0.417 e. The highest BCUT2D eigenvalue weighted by Gasteiger charge is 2.31. The van der Waals surface area contributed by atoms with Gasteiger partial charge in [-0.2, -0.15) is 13.2 Å². The van der Waals surface area contributed by atoms with Crippen LogP contribution in [0.2, 0.25) is 0 Å². The summed E-state index contributed by atoms with van der Waals surface area (Å²) in [7, 11) is 0. The summed E-state index contributed by atoms with van der Waals surface area (Å²) in [4.78, 5) is 31.4. The number of hydrogen-bond donors (Lipinski definition) is 2. The number of halogens is 3. The molecule has 0 aliphatic carbocycles. The molecule has 33 heavy (non-hydrogen) atoms. The van der Waals surface area contributed by atoms with Crippen molar-refractivity contribution in [3.05, 3.63) is 76.1 Å². The predicted molar refractivity (Wildman–Crippen MR) is 121 cm³/mol. The lowest BCUT2D eigenvalue weighted by Gasteiger charge is -2.33. The van der Waals surface area contributed by atoms with Crippen LogP contribution in [-0.2, 0) is 6.18 Å². The molecule has 2 N–H and O–H groups in total. The molecule has 4 rings (SSSR count). The van der Waals surface area contributed by atoms with Gasteiger partial charge in [-0.1, -0.05) is 12.1 Å². The molecule has 3 aromatic rings. The van der Waals surface area contributed by atoms with Crippen molar-refractivity contribution in [3.63, 3.8) is 0 Å². The highest BCUT2D eigenvalue weighted by molar-refractivity contribution is 7.12. The molecular weight excluding hydrogens is 453 g/mol. The van der Waals surface area contributed by atoms with E-state index < -0.39 is 11.7 Å². The Labute approximate surface area is 192 Å². The molecular formula is C23H21F3N4O2S. The third kappa shape index (κ3) is 5.70. The van der Waals surface area contributed by atoms with Gasteiger partial charge in [-0.05, 0) is 54.6 Å². The van der Waals surface area contributed by atoms with Gasteiger partial charge < -0.3 is 15.5 Å². The van der Waals surface area contributed by atoms with E-state index in [0.717, 1.165) is 12.3 Å². The zero-order chi connectivity index (χ0) is 23.4. The van der Waals surface area contributed by atoms with Crippen LogP contribution in [-0.4, -0.2) is 35.9 Å². The van der Waals surface area contributed by atoms with Gasteiger partial charge in [0.1, 0.15) is 5.82 Å². The van der Waals surface area contributed by atoms with Crippen LogP contribution in [0.25, 0.3) is 0 Å². The summed E-state index contributed by atoms with van der Waals surface area (Å²) in [5, 5.41) is 7.60. The second-order valence-corrected chi connectivity index (χ2v) is 8.60. The summed E-state index contributed by atoms with van der Waals surface area (Å²) in [6, 6.07) is 12.6. The van der Waals surface area contributed by atoms with Crippen LogP contribution in [0.1, 0.15) is 38.4 Å². The van der Waals surface area contributed by atoms with Crippen LogP contribution in [0.5, 0.6) is 0 Å². The molecule has 6 nitrogen and oxygen atoms in total. The first-order valence-electron chi connectivity index (χ1n) is 10.3. The number of thiophene rings is 1. The summed E-state index contributed by atoms with van der Waals surface area (Å²) in [5.74, 6) is 0.0158. The summed E-state index contributed by atoms with van der Waals surface area (Å²) in [5.41, 5.74) is 0.192. The van der Waals surface area contributed by atoms with Crippen molar-refractivity contribution in [2.24, 2.45) is 0 Å². The maximum atomic E-state index is 12.7. The number of alkyl halides is 3. The minimum absolute atomic E-state index is 0.0624. The molecule has 3 heterocycles. The van der Waals surface area contributed by atoms with E-state index in [1.54, 1.807) is 36.4 Å². The lowest BCUT2D eigenvalue weighted by atomic mass is 10.0. The van der Waals surface area contributed by atoms with Gasteiger partial charge in [0.2, 0.25) is 0 Å². The summed E-state index contributed by atoms with van der Waals surface area (Å²) in [6.45, 7) is 1.14. The number of piperidine rings is 1. The Hall–Kier alpha value is -3.40.